The summed E-state index contributed by atoms with van der Waals surface area (Å²) >= 11 is 3.53. The van der Waals surface area contributed by atoms with E-state index in [2.05, 4.69) is 21.2 Å². The Balaban J connectivity index is 2.17. The number of halogens is 1. The van der Waals surface area contributed by atoms with Gasteiger partial charge in [0, 0.05) is 30.0 Å². The molecule has 5 heteroatoms. The van der Waals surface area contributed by atoms with Gasteiger partial charge in [-0.3, -0.25) is 4.79 Å². The van der Waals surface area contributed by atoms with Gasteiger partial charge in [0.1, 0.15) is 5.69 Å². The fourth-order valence-electron chi connectivity index (χ4n) is 2.22. The Morgan fingerprint density at radius 1 is 1.33 bits per heavy atom. The minimum absolute atomic E-state index is 0.114. The first-order valence-electron chi connectivity index (χ1n) is 6.75. The molecule has 1 aromatic carbocycles. The van der Waals surface area contributed by atoms with Crippen molar-refractivity contribution in [2.24, 2.45) is 0 Å². The Hall–Kier alpha value is -1.59. The summed E-state index contributed by atoms with van der Waals surface area (Å²) < 4.78 is 8.01. The highest BCUT2D eigenvalue weighted by atomic mass is 79.9. The Morgan fingerprint density at radius 2 is 2.00 bits per heavy atom. The van der Waals surface area contributed by atoms with E-state index < -0.39 is 0 Å². The molecule has 1 amide bonds. The van der Waals surface area contributed by atoms with Crippen LogP contribution < -0.4 is 5.32 Å². The fraction of sp³-hybridized carbons (Fsp3) is 0.312. The van der Waals surface area contributed by atoms with Gasteiger partial charge in [-0.15, -0.1) is 0 Å². The zero-order valence-corrected chi connectivity index (χ0v) is 14.0. The van der Waals surface area contributed by atoms with Crippen molar-refractivity contribution in [1.82, 2.24) is 4.57 Å². The average molecular weight is 351 g/mol. The number of nitrogens with one attached hydrogen (secondary N) is 1. The molecule has 112 valence electrons. The van der Waals surface area contributed by atoms with Crippen molar-refractivity contribution in [3.05, 3.63) is 51.8 Å². The Labute approximate surface area is 133 Å². The number of methoxy groups -OCH3 is 1. The van der Waals surface area contributed by atoms with Gasteiger partial charge in [0.05, 0.1) is 6.61 Å². The summed E-state index contributed by atoms with van der Waals surface area (Å²) in [5, 5.41) is 2.95. The Bertz CT molecular complexity index is 626. The molecule has 0 saturated carbocycles. The molecule has 0 bridgehead atoms. The number of hydrogen-bond donors (Lipinski definition) is 1. The molecule has 0 radical (unpaired) electrons. The molecule has 1 aromatic heterocycles. The maximum absolute atomic E-state index is 12.4. The second-order valence-corrected chi connectivity index (χ2v) is 5.75. The first-order valence-corrected chi connectivity index (χ1v) is 7.54. The van der Waals surface area contributed by atoms with Crippen LogP contribution in [0.3, 0.4) is 0 Å². The van der Waals surface area contributed by atoms with E-state index >= 15 is 0 Å². The highest BCUT2D eigenvalue weighted by Gasteiger charge is 2.12. The number of aromatic nitrogens is 1. The molecule has 0 unspecified atom stereocenters. The van der Waals surface area contributed by atoms with Crippen molar-refractivity contribution < 1.29 is 9.53 Å². The molecule has 4 nitrogen and oxygen atoms in total. The Morgan fingerprint density at radius 3 is 2.62 bits per heavy atom. The monoisotopic (exact) mass is 350 g/mol. The number of rotatable bonds is 5. The maximum atomic E-state index is 12.4. The molecule has 0 atom stereocenters. The number of carbonyl (C=O) groups is 1. The van der Waals surface area contributed by atoms with E-state index in [9.17, 15) is 4.79 Å². The standard InChI is InChI=1S/C16H19BrN2O2/c1-11-9-13(10-12(2)15(11)17)18-16(20)14-5-4-6-19(14)7-8-21-3/h4-6,9-10H,7-8H2,1-3H3,(H,18,20). The molecule has 2 aromatic rings. The normalized spacial score (nSPS) is 10.7. The largest absolute Gasteiger partial charge is 0.383 e. The number of nitrogens with zero attached hydrogens (tertiary/aromatic N) is 1. The average Bonchev–Trinajstić information content (AvgIpc) is 2.90. The topological polar surface area (TPSA) is 43.3 Å². The molecule has 0 saturated heterocycles. The lowest BCUT2D eigenvalue weighted by atomic mass is 10.1. The van der Waals surface area contributed by atoms with Crippen molar-refractivity contribution in [3.63, 3.8) is 0 Å². The zero-order valence-electron chi connectivity index (χ0n) is 12.4. The van der Waals surface area contributed by atoms with Gasteiger partial charge >= 0.3 is 0 Å². The number of ether oxygens (including phenoxy) is 1. The lowest BCUT2D eigenvalue weighted by molar-refractivity contribution is 0.101. The zero-order chi connectivity index (χ0) is 15.4. The summed E-state index contributed by atoms with van der Waals surface area (Å²) in [6, 6.07) is 7.58. The van der Waals surface area contributed by atoms with Crippen molar-refractivity contribution in [2.45, 2.75) is 20.4 Å². The van der Waals surface area contributed by atoms with Crippen molar-refractivity contribution >= 4 is 27.5 Å². The van der Waals surface area contributed by atoms with Crippen LogP contribution in [0.15, 0.2) is 34.9 Å². The molecule has 21 heavy (non-hydrogen) atoms. The van der Waals surface area contributed by atoms with Crippen LogP contribution in [0.4, 0.5) is 5.69 Å². The summed E-state index contributed by atoms with van der Waals surface area (Å²) in [5.74, 6) is -0.114. The molecule has 0 aliphatic carbocycles. The van der Waals surface area contributed by atoms with E-state index in [1.54, 1.807) is 7.11 Å². The highest BCUT2D eigenvalue weighted by molar-refractivity contribution is 9.10. The van der Waals surface area contributed by atoms with Gasteiger partial charge in [0.15, 0.2) is 0 Å². The molecule has 1 heterocycles. The fourth-order valence-corrected chi connectivity index (χ4v) is 2.45. The second kappa shape index (κ2) is 6.91. The lowest BCUT2D eigenvalue weighted by Gasteiger charge is -2.11. The van der Waals surface area contributed by atoms with Crippen LogP contribution in [0.25, 0.3) is 0 Å². The van der Waals surface area contributed by atoms with Crippen LogP contribution in [-0.2, 0) is 11.3 Å². The van der Waals surface area contributed by atoms with Crippen LogP contribution >= 0.6 is 15.9 Å². The maximum Gasteiger partial charge on any atom is 0.272 e. The third-order valence-corrected chi connectivity index (χ3v) is 4.54. The minimum Gasteiger partial charge on any atom is -0.383 e. The van der Waals surface area contributed by atoms with Crippen molar-refractivity contribution in [1.29, 1.82) is 0 Å². The quantitative estimate of drug-likeness (QED) is 0.891. The number of carbonyl (C=O) groups excluding carboxylic acids is 1. The van der Waals surface area contributed by atoms with Gasteiger partial charge in [-0.2, -0.15) is 0 Å². The second-order valence-electron chi connectivity index (χ2n) is 4.96. The van der Waals surface area contributed by atoms with Crippen LogP contribution in [-0.4, -0.2) is 24.2 Å². The van der Waals surface area contributed by atoms with Crippen molar-refractivity contribution in [3.8, 4) is 0 Å². The molecule has 1 N–H and O–H groups in total. The molecular weight excluding hydrogens is 332 g/mol. The first kappa shape index (κ1) is 15.8. The van der Waals surface area contributed by atoms with Gasteiger partial charge in [0.2, 0.25) is 0 Å². The smallest absolute Gasteiger partial charge is 0.272 e. The SMILES string of the molecule is COCCn1cccc1C(=O)Nc1cc(C)c(Br)c(C)c1. The summed E-state index contributed by atoms with van der Waals surface area (Å²) in [6.07, 6.45) is 1.88. The number of benzene rings is 1. The third-order valence-electron chi connectivity index (χ3n) is 3.29. The number of aryl methyl sites for hydroxylation is 2. The summed E-state index contributed by atoms with van der Waals surface area (Å²) in [7, 11) is 1.65. The number of anilines is 1. The van der Waals surface area contributed by atoms with E-state index in [0.29, 0.717) is 18.8 Å². The van der Waals surface area contributed by atoms with Gasteiger partial charge in [0.25, 0.3) is 5.91 Å². The predicted molar refractivity (Wildman–Crippen MR) is 87.9 cm³/mol. The molecule has 0 aliphatic heterocycles. The van der Waals surface area contributed by atoms with E-state index in [-0.39, 0.29) is 5.91 Å². The van der Waals surface area contributed by atoms with Gasteiger partial charge in [-0.1, -0.05) is 15.9 Å². The number of hydrogen-bond acceptors (Lipinski definition) is 2. The van der Waals surface area contributed by atoms with Gasteiger partial charge < -0.3 is 14.6 Å². The van der Waals surface area contributed by atoms with Crippen LogP contribution in [0.2, 0.25) is 0 Å². The van der Waals surface area contributed by atoms with Gasteiger partial charge in [-0.05, 0) is 49.2 Å². The van der Waals surface area contributed by atoms with Gasteiger partial charge in [-0.25, -0.2) is 0 Å². The predicted octanol–water partition coefficient (Wildman–Crippen LogP) is 3.77. The highest BCUT2D eigenvalue weighted by Crippen LogP contribution is 2.25. The molecule has 2 rings (SSSR count). The molecular formula is C16H19BrN2O2. The first-order chi connectivity index (χ1) is 10.0. The van der Waals surface area contributed by atoms with Crippen LogP contribution in [0.1, 0.15) is 21.6 Å². The van der Waals surface area contributed by atoms with E-state index in [4.69, 9.17) is 4.74 Å². The minimum atomic E-state index is -0.114. The van der Waals surface area contributed by atoms with Crippen LogP contribution in [0.5, 0.6) is 0 Å². The van der Waals surface area contributed by atoms with Crippen molar-refractivity contribution in [2.75, 3.05) is 19.0 Å². The molecule has 0 fully saturated rings. The summed E-state index contributed by atoms with van der Waals surface area (Å²) in [6.45, 7) is 5.25. The Kier molecular flexibility index (Phi) is 5.20. The number of amides is 1. The lowest BCUT2D eigenvalue weighted by Crippen LogP contribution is -2.18. The van der Waals surface area contributed by atoms with Crippen LogP contribution in [0, 0.1) is 13.8 Å². The molecule has 0 aliphatic rings. The summed E-state index contributed by atoms with van der Waals surface area (Å²) in [4.78, 5) is 12.4. The summed E-state index contributed by atoms with van der Waals surface area (Å²) in [5.41, 5.74) is 3.63. The van der Waals surface area contributed by atoms with E-state index in [1.165, 1.54) is 0 Å². The molecule has 0 spiro atoms. The third kappa shape index (κ3) is 3.74. The van der Waals surface area contributed by atoms with E-state index in [1.807, 2.05) is 48.9 Å². The van der Waals surface area contributed by atoms with E-state index in [0.717, 1.165) is 21.3 Å².